The van der Waals surface area contributed by atoms with E-state index in [0.717, 1.165) is 32.2 Å². The first kappa shape index (κ1) is 21.0. The average Bonchev–Trinajstić information content (AvgIpc) is 2.69. The third-order valence-corrected chi connectivity index (χ3v) is 9.37. The number of carbonyl (C=O) groups excluding carboxylic acids is 1. The SMILES string of the molecule is CC1C=CC=CC1[C@]12CC3CC(C(=O)N[C@@H]4CCNC[C@H]4F)(C[C@](CCCl)(C3)C1)C2. The summed E-state index contributed by atoms with van der Waals surface area (Å²) in [6.07, 6.45) is 16.3. The van der Waals surface area contributed by atoms with Crippen LogP contribution in [0.4, 0.5) is 4.39 Å². The van der Waals surface area contributed by atoms with Crippen molar-refractivity contribution in [3.05, 3.63) is 24.3 Å². The normalized spacial score (nSPS) is 49.4. The summed E-state index contributed by atoms with van der Waals surface area (Å²) < 4.78 is 14.5. The molecule has 30 heavy (non-hydrogen) atoms. The molecule has 6 rings (SSSR count). The summed E-state index contributed by atoms with van der Waals surface area (Å²) in [6, 6.07) is -0.344. The van der Waals surface area contributed by atoms with E-state index in [-0.39, 0.29) is 28.2 Å². The van der Waals surface area contributed by atoms with Crippen LogP contribution in [0.2, 0.25) is 0 Å². The summed E-state index contributed by atoms with van der Waals surface area (Å²) in [4.78, 5) is 13.8. The smallest absolute Gasteiger partial charge is 0.226 e. The number of carbonyl (C=O) groups is 1. The molecule has 8 atom stereocenters. The lowest BCUT2D eigenvalue weighted by Gasteiger charge is -2.68. The fourth-order valence-corrected chi connectivity index (χ4v) is 9.01. The van der Waals surface area contributed by atoms with E-state index in [1.165, 1.54) is 19.3 Å². The second-order valence-electron chi connectivity index (χ2n) is 11.3. The molecular weight excluding hydrogens is 399 g/mol. The van der Waals surface area contributed by atoms with Crippen LogP contribution < -0.4 is 10.6 Å². The van der Waals surface area contributed by atoms with Crippen molar-refractivity contribution in [1.82, 2.24) is 10.6 Å². The Morgan fingerprint density at radius 2 is 2.03 bits per heavy atom. The van der Waals surface area contributed by atoms with Crippen molar-refractivity contribution in [3.8, 4) is 0 Å². The number of nitrogens with one attached hydrogen (secondary N) is 2. The number of hydrogen-bond donors (Lipinski definition) is 2. The summed E-state index contributed by atoms with van der Waals surface area (Å²) in [7, 11) is 0. The van der Waals surface area contributed by atoms with E-state index < -0.39 is 6.17 Å². The van der Waals surface area contributed by atoms with E-state index in [1.54, 1.807) is 0 Å². The minimum Gasteiger partial charge on any atom is -0.350 e. The fraction of sp³-hybridized carbons (Fsp3) is 0.800. The molecule has 1 amide bonds. The first-order chi connectivity index (χ1) is 14.4. The van der Waals surface area contributed by atoms with Crippen molar-refractivity contribution in [1.29, 1.82) is 0 Å². The van der Waals surface area contributed by atoms with E-state index in [0.29, 0.717) is 36.6 Å². The van der Waals surface area contributed by atoms with Crippen LogP contribution in [-0.2, 0) is 4.79 Å². The molecule has 5 fully saturated rings. The number of piperidine rings is 1. The second kappa shape index (κ2) is 7.62. The average molecular weight is 435 g/mol. The number of allylic oxidation sites excluding steroid dienone is 4. The number of amides is 1. The third-order valence-electron chi connectivity index (χ3n) is 9.18. The number of alkyl halides is 2. The Kier molecular flexibility index (Phi) is 5.33. The second-order valence-corrected chi connectivity index (χ2v) is 11.7. The maximum atomic E-state index is 14.5. The van der Waals surface area contributed by atoms with Crippen LogP contribution in [0.5, 0.6) is 0 Å². The van der Waals surface area contributed by atoms with Gasteiger partial charge in [0.2, 0.25) is 5.91 Å². The van der Waals surface area contributed by atoms with Gasteiger partial charge in [0.15, 0.2) is 0 Å². The predicted molar refractivity (Wildman–Crippen MR) is 119 cm³/mol. The van der Waals surface area contributed by atoms with Crippen molar-refractivity contribution in [3.63, 3.8) is 0 Å². The number of hydrogen-bond acceptors (Lipinski definition) is 2. The van der Waals surface area contributed by atoms with Gasteiger partial charge >= 0.3 is 0 Å². The molecule has 0 aromatic heterocycles. The first-order valence-corrected chi connectivity index (χ1v) is 12.5. The molecule has 5 heteroatoms. The van der Waals surface area contributed by atoms with E-state index in [1.807, 2.05) is 0 Å². The van der Waals surface area contributed by atoms with Gasteiger partial charge in [0, 0.05) is 12.4 Å². The molecular formula is C25H36ClFN2O. The molecule has 0 aromatic carbocycles. The highest BCUT2D eigenvalue weighted by Crippen LogP contribution is 2.73. The molecule has 166 valence electrons. The molecule has 4 saturated carbocycles. The largest absolute Gasteiger partial charge is 0.350 e. The zero-order chi connectivity index (χ0) is 21.0. The molecule has 6 aliphatic rings. The third kappa shape index (κ3) is 3.37. The van der Waals surface area contributed by atoms with Gasteiger partial charge in [-0.2, -0.15) is 0 Å². The lowest BCUT2D eigenvalue weighted by atomic mass is 9.36. The lowest BCUT2D eigenvalue weighted by molar-refractivity contribution is -0.189. The Morgan fingerprint density at radius 1 is 1.20 bits per heavy atom. The first-order valence-electron chi connectivity index (χ1n) is 12.0. The molecule has 2 N–H and O–H groups in total. The highest BCUT2D eigenvalue weighted by molar-refractivity contribution is 6.17. The minimum absolute atomic E-state index is 0.132. The van der Waals surface area contributed by atoms with E-state index >= 15 is 0 Å². The maximum Gasteiger partial charge on any atom is 0.226 e. The molecule has 1 aliphatic heterocycles. The molecule has 1 saturated heterocycles. The summed E-state index contributed by atoms with van der Waals surface area (Å²) in [5.41, 5.74) is 0.00792. The van der Waals surface area contributed by atoms with Crippen LogP contribution in [-0.4, -0.2) is 37.1 Å². The monoisotopic (exact) mass is 434 g/mol. The minimum atomic E-state index is -0.992. The van der Waals surface area contributed by atoms with Gasteiger partial charge in [-0.05, 0) is 86.5 Å². The Hall–Kier alpha value is -0.870. The van der Waals surface area contributed by atoms with Crippen molar-refractivity contribution in [2.24, 2.45) is 34.0 Å². The van der Waals surface area contributed by atoms with Crippen molar-refractivity contribution < 1.29 is 9.18 Å². The molecule has 5 aliphatic carbocycles. The maximum absolute atomic E-state index is 14.5. The van der Waals surface area contributed by atoms with Crippen LogP contribution in [0.1, 0.15) is 58.3 Å². The zero-order valence-electron chi connectivity index (χ0n) is 18.1. The Balaban J connectivity index is 1.47. The molecule has 0 aromatic rings. The van der Waals surface area contributed by atoms with Gasteiger partial charge in [-0.1, -0.05) is 31.2 Å². The molecule has 4 bridgehead atoms. The predicted octanol–water partition coefficient (Wildman–Crippen LogP) is 4.77. The van der Waals surface area contributed by atoms with Crippen LogP contribution in [0.3, 0.4) is 0 Å². The van der Waals surface area contributed by atoms with Gasteiger partial charge in [-0.25, -0.2) is 4.39 Å². The van der Waals surface area contributed by atoms with Crippen molar-refractivity contribution in [2.45, 2.75) is 70.5 Å². The molecule has 3 nitrogen and oxygen atoms in total. The van der Waals surface area contributed by atoms with Gasteiger partial charge < -0.3 is 10.6 Å². The topological polar surface area (TPSA) is 41.1 Å². The van der Waals surface area contributed by atoms with E-state index in [2.05, 4.69) is 41.9 Å². The van der Waals surface area contributed by atoms with Gasteiger partial charge in [0.1, 0.15) is 6.17 Å². The summed E-state index contributed by atoms with van der Waals surface area (Å²) in [6.45, 7) is 3.45. The van der Waals surface area contributed by atoms with Gasteiger partial charge in [-0.15, -0.1) is 11.6 Å². The summed E-state index contributed by atoms with van der Waals surface area (Å²) in [5.74, 6) is 2.38. The highest BCUT2D eigenvalue weighted by Gasteiger charge is 2.67. The fourth-order valence-electron chi connectivity index (χ4n) is 8.60. The summed E-state index contributed by atoms with van der Waals surface area (Å²) >= 11 is 6.31. The standard InChI is InChI=1S/C25H36ClFN2O/c1-17-4-2-3-5-19(17)24-11-18-10-23(14-24,7-8-26)15-25(12-18,16-24)22(30)29-21-6-9-28-13-20(21)27/h2-5,17-21,28H,6-16H2,1H3,(H,29,30)/t17?,18?,19?,20-,21-,23-,24-,25?/m1/s1. The Bertz CT molecular complexity index is 755. The number of rotatable bonds is 5. The van der Waals surface area contributed by atoms with Crippen LogP contribution >= 0.6 is 11.6 Å². The summed E-state index contributed by atoms with van der Waals surface area (Å²) in [5, 5.41) is 6.29. The Labute approximate surface area is 185 Å². The van der Waals surface area contributed by atoms with Gasteiger partial charge in [-0.3, -0.25) is 4.79 Å². The van der Waals surface area contributed by atoms with Crippen LogP contribution in [0.15, 0.2) is 24.3 Å². The zero-order valence-corrected chi connectivity index (χ0v) is 18.9. The molecule has 4 unspecified atom stereocenters. The van der Waals surface area contributed by atoms with Crippen LogP contribution in [0.25, 0.3) is 0 Å². The quantitative estimate of drug-likeness (QED) is 0.612. The highest BCUT2D eigenvalue weighted by atomic mass is 35.5. The van der Waals surface area contributed by atoms with Crippen molar-refractivity contribution in [2.75, 3.05) is 19.0 Å². The molecule has 0 spiro atoms. The van der Waals surface area contributed by atoms with Crippen LogP contribution in [0, 0.1) is 34.0 Å². The van der Waals surface area contributed by atoms with Gasteiger partial charge in [0.25, 0.3) is 0 Å². The molecule has 0 radical (unpaired) electrons. The Morgan fingerprint density at radius 3 is 2.80 bits per heavy atom. The van der Waals surface area contributed by atoms with E-state index in [4.69, 9.17) is 11.6 Å². The van der Waals surface area contributed by atoms with Gasteiger partial charge in [0.05, 0.1) is 11.5 Å². The lowest BCUT2D eigenvalue weighted by Crippen LogP contribution is -2.64. The van der Waals surface area contributed by atoms with E-state index in [9.17, 15) is 9.18 Å². The molecule has 1 heterocycles. The number of halogens is 2. The van der Waals surface area contributed by atoms with Crippen molar-refractivity contribution >= 4 is 17.5 Å².